The third-order valence-electron chi connectivity index (χ3n) is 2.61. The number of aliphatic carboxylic acids is 1. The molecule has 1 aromatic carbocycles. The van der Waals surface area contributed by atoms with E-state index in [4.69, 9.17) is 10.8 Å². The van der Waals surface area contributed by atoms with Crippen molar-refractivity contribution in [2.45, 2.75) is 12.6 Å². The predicted molar refractivity (Wildman–Crippen MR) is 62.7 cm³/mol. The van der Waals surface area contributed by atoms with Gasteiger partial charge in [-0.1, -0.05) is 17.3 Å². The van der Waals surface area contributed by atoms with Crippen molar-refractivity contribution < 1.29 is 27.6 Å². The van der Waals surface area contributed by atoms with Crippen molar-refractivity contribution in [3.05, 3.63) is 35.4 Å². The molecule has 20 heavy (non-hydrogen) atoms. The summed E-state index contributed by atoms with van der Waals surface area (Å²) in [6.07, 6.45) is -4.99. The number of aromatic nitrogens is 1. The maximum Gasteiger partial charge on any atom is 0.416 e. The van der Waals surface area contributed by atoms with Gasteiger partial charge in [0.15, 0.2) is 0 Å². The summed E-state index contributed by atoms with van der Waals surface area (Å²) in [7, 11) is 0. The largest absolute Gasteiger partial charge is 0.481 e. The van der Waals surface area contributed by atoms with Crippen molar-refractivity contribution in [2.24, 2.45) is 0 Å². The van der Waals surface area contributed by atoms with Crippen LogP contribution in [-0.2, 0) is 17.4 Å². The summed E-state index contributed by atoms with van der Waals surface area (Å²) in [6, 6.07) is 4.35. The molecule has 0 aliphatic carbocycles. The molecule has 0 bridgehead atoms. The van der Waals surface area contributed by atoms with E-state index >= 15 is 0 Å². The van der Waals surface area contributed by atoms with E-state index in [1.807, 2.05) is 0 Å². The van der Waals surface area contributed by atoms with Crippen LogP contribution in [-0.4, -0.2) is 16.2 Å². The van der Waals surface area contributed by atoms with Crippen molar-refractivity contribution in [3.8, 4) is 11.3 Å². The van der Waals surface area contributed by atoms with Crippen molar-refractivity contribution in [3.63, 3.8) is 0 Å². The Labute approximate surface area is 110 Å². The fraction of sp³-hybridized carbons (Fsp3) is 0.167. The lowest BCUT2D eigenvalue weighted by molar-refractivity contribution is -0.138. The topological polar surface area (TPSA) is 89.4 Å². The van der Waals surface area contributed by atoms with Crippen molar-refractivity contribution in [1.29, 1.82) is 0 Å². The molecule has 5 nitrogen and oxygen atoms in total. The molecule has 0 aliphatic heterocycles. The standard InChI is InChI=1S/C12H9F3N2O3/c13-12(14,15)7-3-1-2-6(4-7)10-8(5-9(18)19)11(16)20-17-10/h1-4H,5,16H2,(H,18,19). The SMILES string of the molecule is Nc1onc(-c2cccc(C(F)(F)F)c2)c1CC(=O)O. The summed E-state index contributed by atoms with van der Waals surface area (Å²) in [5.74, 6) is -1.41. The minimum atomic E-state index is -4.50. The number of alkyl halides is 3. The molecule has 106 valence electrons. The quantitative estimate of drug-likeness (QED) is 0.905. The molecule has 8 heteroatoms. The number of carboxylic acids is 1. The third kappa shape index (κ3) is 2.73. The number of nitrogen functional groups attached to an aromatic ring is 1. The molecule has 1 heterocycles. The lowest BCUT2D eigenvalue weighted by Gasteiger charge is -2.07. The van der Waals surface area contributed by atoms with Gasteiger partial charge >= 0.3 is 12.1 Å². The van der Waals surface area contributed by atoms with E-state index in [2.05, 4.69) is 9.68 Å². The van der Waals surface area contributed by atoms with Gasteiger partial charge in [0.1, 0.15) is 5.69 Å². The molecular weight excluding hydrogens is 277 g/mol. The first-order valence-electron chi connectivity index (χ1n) is 5.42. The van der Waals surface area contributed by atoms with Gasteiger partial charge in [-0.15, -0.1) is 0 Å². The molecule has 0 atom stereocenters. The molecule has 2 aromatic rings. The average molecular weight is 286 g/mol. The minimum Gasteiger partial charge on any atom is -0.481 e. The Hall–Kier alpha value is -2.51. The smallest absolute Gasteiger partial charge is 0.416 e. The number of hydrogen-bond donors (Lipinski definition) is 2. The number of benzene rings is 1. The Kier molecular flexibility index (Phi) is 3.39. The second kappa shape index (κ2) is 4.87. The monoisotopic (exact) mass is 286 g/mol. The van der Waals surface area contributed by atoms with Crippen LogP contribution in [0.4, 0.5) is 19.1 Å². The predicted octanol–water partition coefficient (Wildman–Crippen LogP) is 2.57. The van der Waals surface area contributed by atoms with Gasteiger partial charge in [0.2, 0.25) is 5.88 Å². The number of anilines is 1. The molecule has 2 rings (SSSR count). The van der Waals surface area contributed by atoms with Gasteiger partial charge in [-0.3, -0.25) is 4.79 Å². The van der Waals surface area contributed by atoms with Crippen LogP contribution < -0.4 is 5.73 Å². The molecule has 0 saturated carbocycles. The molecule has 1 aromatic heterocycles. The van der Waals surface area contributed by atoms with E-state index in [9.17, 15) is 18.0 Å². The summed E-state index contributed by atoms with van der Waals surface area (Å²) >= 11 is 0. The first-order chi connectivity index (χ1) is 9.29. The first kappa shape index (κ1) is 13.9. The van der Waals surface area contributed by atoms with Gasteiger partial charge in [0.05, 0.1) is 17.5 Å². The second-order valence-corrected chi connectivity index (χ2v) is 4.02. The molecule has 0 aliphatic rings. The Balaban J connectivity index is 2.50. The Bertz CT molecular complexity index is 650. The van der Waals surface area contributed by atoms with Gasteiger partial charge in [-0.05, 0) is 12.1 Å². The molecule has 0 spiro atoms. The van der Waals surface area contributed by atoms with Gasteiger partial charge in [0.25, 0.3) is 0 Å². The van der Waals surface area contributed by atoms with Crippen LogP contribution in [0.15, 0.2) is 28.8 Å². The third-order valence-corrected chi connectivity index (χ3v) is 2.61. The maximum atomic E-state index is 12.6. The van der Waals surface area contributed by atoms with Crippen LogP contribution in [0.5, 0.6) is 0 Å². The van der Waals surface area contributed by atoms with Crippen molar-refractivity contribution in [2.75, 3.05) is 5.73 Å². The zero-order valence-electron chi connectivity index (χ0n) is 9.94. The summed E-state index contributed by atoms with van der Waals surface area (Å²) < 4.78 is 42.6. The molecule has 0 radical (unpaired) electrons. The van der Waals surface area contributed by atoms with Crippen LogP contribution in [0.1, 0.15) is 11.1 Å². The van der Waals surface area contributed by atoms with E-state index < -0.39 is 24.1 Å². The first-order valence-corrected chi connectivity index (χ1v) is 5.42. The number of nitrogens with two attached hydrogens (primary N) is 1. The Morgan fingerprint density at radius 3 is 2.70 bits per heavy atom. The highest BCUT2D eigenvalue weighted by atomic mass is 19.4. The fourth-order valence-electron chi connectivity index (χ4n) is 1.71. The molecule has 0 amide bonds. The highest BCUT2D eigenvalue weighted by molar-refractivity contribution is 5.78. The maximum absolute atomic E-state index is 12.6. The minimum absolute atomic E-state index is 0.00370. The van der Waals surface area contributed by atoms with Crippen LogP contribution in [0, 0.1) is 0 Å². The zero-order chi connectivity index (χ0) is 14.9. The van der Waals surface area contributed by atoms with Gasteiger partial charge in [-0.25, -0.2) is 0 Å². The normalized spacial score (nSPS) is 11.6. The van der Waals surface area contributed by atoms with Gasteiger partial charge < -0.3 is 15.4 Å². The zero-order valence-corrected chi connectivity index (χ0v) is 9.94. The average Bonchev–Trinajstić information content (AvgIpc) is 2.70. The molecule has 0 fully saturated rings. The molecule has 0 unspecified atom stereocenters. The van der Waals surface area contributed by atoms with Crippen LogP contribution >= 0.6 is 0 Å². The summed E-state index contributed by atoms with van der Waals surface area (Å²) in [5.41, 5.74) is 4.72. The molecular formula is C12H9F3N2O3. The summed E-state index contributed by atoms with van der Waals surface area (Å²) in [6.45, 7) is 0. The fourth-order valence-corrected chi connectivity index (χ4v) is 1.71. The summed E-state index contributed by atoms with van der Waals surface area (Å²) in [4.78, 5) is 10.7. The van der Waals surface area contributed by atoms with Gasteiger partial charge in [-0.2, -0.15) is 13.2 Å². The van der Waals surface area contributed by atoms with Crippen molar-refractivity contribution in [1.82, 2.24) is 5.16 Å². The highest BCUT2D eigenvalue weighted by Gasteiger charge is 2.31. The van der Waals surface area contributed by atoms with E-state index in [1.165, 1.54) is 12.1 Å². The number of hydrogen-bond acceptors (Lipinski definition) is 4. The summed E-state index contributed by atoms with van der Waals surface area (Å²) in [5, 5.41) is 12.3. The highest BCUT2D eigenvalue weighted by Crippen LogP contribution is 2.34. The number of carbonyl (C=O) groups is 1. The Morgan fingerprint density at radius 1 is 1.40 bits per heavy atom. The van der Waals surface area contributed by atoms with Crippen LogP contribution in [0.2, 0.25) is 0 Å². The number of nitrogens with zero attached hydrogens (tertiary/aromatic N) is 1. The second-order valence-electron chi connectivity index (χ2n) is 4.02. The number of rotatable bonds is 3. The Morgan fingerprint density at radius 2 is 2.10 bits per heavy atom. The number of carboxylic acid groups (broad SMARTS) is 1. The van der Waals surface area contributed by atoms with E-state index in [0.717, 1.165) is 12.1 Å². The van der Waals surface area contributed by atoms with Crippen LogP contribution in [0.3, 0.4) is 0 Å². The van der Waals surface area contributed by atoms with Gasteiger partial charge in [0, 0.05) is 5.56 Å². The number of halogens is 3. The van der Waals surface area contributed by atoms with E-state index in [-0.39, 0.29) is 22.7 Å². The molecule has 3 N–H and O–H groups in total. The van der Waals surface area contributed by atoms with E-state index in [1.54, 1.807) is 0 Å². The van der Waals surface area contributed by atoms with E-state index in [0.29, 0.717) is 0 Å². The lowest BCUT2D eigenvalue weighted by atomic mass is 10.0. The molecule has 0 saturated heterocycles. The van der Waals surface area contributed by atoms with Crippen molar-refractivity contribution >= 4 is 11.9 Å². The van der Waals surface area contributed by atoms with Crippen LogP contribution in [0.25, 0.3) is 11.3 Å². The lowest BCUT2D eigenvalue weighted by Crippen LogP contribution is -2.05.